The zero-order valence-electron chi connectivity index (χ0n) is 42.7. The third-order valence-electron chi connectivity index (χ3n) is 12.0. The lowest BCUT2D eigenvalue weighted by Crippen LogP contribution is -2.45. The first-order valence-electron chi connectivity index (χ1n) is 27.6. The summed E-state index contributed by atoms with van der Waals surface area (Å²) in [6.07, 6.45) is 83.8. The molecule has 0 rings (SSSR count). The van der Waals surface area contributed by atoms with Crippen LogP contribution in [0.5, 0.6) is 0 Å². The van der Waals surface area contributed by atoms with Gasteiger partial charge in [0, 0.05) is 6.42 Å². The van der Waals surface area contributed by atoms with Crippen LogP contribution in [0.25, 0.3) is 0 Å². The lowest BCUT2D eigenvalue weighted by molar-refractivity contribution is -0.123. The van der Waals surface area contributed by atoms with E-state index >= 15 is 0 Å². The van der Waals surface area contributed by atoms with Gasteiger partial charge in [-0.15, -0.1) is 0 Å². The van der Waals surface area contributed by atoms with Crippen LogP contribution in [-0.2, 0) is 4.79 Å². The summed E-state index contributed by atoms with van der Waals surface area (Å²) >= 11 is 0. The number of aliphatic hydroxyl groups is 2. The van der Waals surface area contributed by atoms with Crippen molar-refractivity contribution in [1.82, 2.24) is 5.32 Å². The highest BCUT2D eigenvalue weighted by molar-refractivity contribution is 5.76. The van der Waals surface area contributed by atoms with E-state index in [0.717, 1.165) is 77.0 Å². The zero-order chi connectivity index (χ0) is 47.0. The van der Waals surface area contributed by atoms with Crippen LogP contribution in [0.3, 0.4) is 0 Å². The van der Waals surface area contributed by atoms with Crippen molar-refractivity contribution in [3.8, 4) is 0 Å². The van der Waals surface area contributed by atoms with Crippen LogP contribution in [0.1, 0.15) is 251 Å². The molecular formula is C61H105NO3. The summed E-state index contributed by atoms with van der Waals surface area (Å²) in [4.78, 5) is 12.5. The molecule has 0 aliphatic carbocycles. The molecule has 65 heavy (non-hydrogen) atoms. The number of rotatable bonds is 49. The van der Waals surface area contributed by atoms with E-state index in [4.69, 9.17) is 0 Å². The third-order valence-corrected chi connectivity index (χ3v) is 12.0. The topological polar surface area (TPSA) is 69.6 Å². The third kappa shape index (κ3) is 51.9. The van der Waals surface area contributed by atoms with Crippen LogP contribution in [0.4, 0.5) is 0 Å². The smallest absolute Gasteiger partial charge is 0.220 e. The second-order valence-electron chi connectivity index (χ2n) is 18.3. The number of amides is 1. The van der Waals surface area contributed by atoms with Gasteiger partial charge in [0.1, 0.15) is 0 Å². The number of hydrogen-bond acceptors (Lipinski definition) is 3. The van der Waals surface area contributed by atoms with E-state index in [1.54, 1.807) is 6.08 Å². The minimum atomic E-state index is -0.845. The van der Waals surface area contributed by atoms with Gasteiger partial charge in [-0.25, -0.2) is 0 Å². The van der Waals surface area contributed by atoms with E-state index in [-0.39, 0.29) is 12.5 Å². The Balaban J connectivity index is 3.57. The van der Waals surface area contributed by atoms with Crippen molar-refractivity contribution in [3.05, 3.63) is 109 Å². The van der Waals surface area contributed by atoms with Crippen molar-refractivity contribution in [3.63, 3.8) is 0 Å². The fourth-order valence-electron chi connectivity index (χ4n) is 7.84. The Morgan fingerprint density at radius 1 is 0.385 bits per heavy atom. The molecule has 372 valence electrons. The zero-order valence-corrected chi connectivity index (χ0v) is 42.7. The Hall–Kier alpha value is -2.95. The Morgan fingerprint density at radius 2 is 0.677 bits per heavy atom. The van der Waals surface area contributed by atoms with Crippen LogP contribution in [0.15, 0.2) is 109 Å². The molecule has 0 bridgehead atoms. The van der Waals surface area contributed by atoms with Crippen molar-refractivity contribution in [1.29, 1.82) is 0 Å². The van der Waals surface area contributed by atoms with Gasteiger partial charge in [-0.3, -0.25) is 4.79 Å². The Bertz CT molecular complexity index is 1250. The highest BCUT2D eigenvalue weighted by Gasteiger charge is 2.18. The molecular weight excluding hydrogens is 795 g/mol. The summed E-state index contributed by atoms with van der Waals surface area (Å²) in [5.74, 6) is -0.0694. The van der Waals surface area contributed by atoms with E-state index < -0.39 is 12.1 Å². The van der Waals surface area contributed by atoms with Crippen molar-refractivity contribution < 1.29 is 15.0 Å². The standard InChI is InChI=1S/C61H105NO3/c1-3-5-7-9-11-13-15-17-19-21-22-23-24-25-26-27-28-29-30-31-32-33-34-35-36-37-38-39-40-41-43-45-47-49-51-53-55-57-61(65)62-59(58-63)60(64)56-54-52-50-48-46-44-42-20-18-16-14-12-10-8-6-4-2/h5,7,11,13,17,19,22-23,25-26,28-29,31-32,34-35,54,56,59-60,63-64H,3-4,6,8-10,12,14-16,18,20-21,24,27,30,33,36-53,55,57-58H2,1-2H3,(H,62,65)/b7-5-,13-11-,19-17-,23-22-,26-25-,29-28-,32-31-,35-34-,56-54+. The van der Waals surface area contributed by atoms with Gasteiger partial charge in [0.15, 0.2) is 0 Å². The maximum Gasteiger partial charge on any atom is 0.220 e. The maximum atomic E-state index is 12.5. The minimum Gasteiger partial charge on any atom is -0.394 e. The van der Waals surface area contributed by atoms with Crippen LogP contribution in [-0.4, -0.2) is 34.9 Å². The van der Waals surface area contributed by atoms with E-state index in [0.29, 0.717) is 6.42 Å². The molecule has 4 nitrogen and oxygen atoms in total. The largest absolute Gasteiger partial charge is 0.394 e. The molecule has 0 heterocycles. The average Bonchev–Trinajstić information content (AvgIpc) is 3.31. The van der Waals surface area contributed by atoms with Crippen molar-refractivity contribution in [2.45, 2.75) is 264 Å². The molecule has 3 N–H and O–H groups in total. The highest BCUT2D eigenvalue weighted by atomic mass is 16.3. The average molecular weight is 901 g/mol. The fourth-order valence-corrected chi connectivity index (χ4v) is 7.84. The molecule has 0 aromatic heterocycles. The summed E-state index contributed by atoms with van der Waals surface area (Å²) in [6, 6.07) is -0.629. The predicted molar refractivity (Wildman–Crippen MR) is 289 cm³/mol. The van der Waals surface area contributed by atoms with Gasteiger partial charge in [-0.2, -0.15) is 0 Å². The molecule has 1 amide bonds. The SMILES string of the molecule is CC/C=C\C/C=C\C/C=C\C/C=C\C/C=C\C/C=C\C/C=C\C/C=C\CCCCCCCCCCCCCCC(=O)NC(CO)C(O)/C=C/CCCCCCCCCCCCCCCC. The molecule has 0 fully saturated rings. The van der Waals surface area contributed by atoms with Crippen LogP contribution < -0.4 is 5.32 Å². The predicted octanol–water partition coefficient (Wildman–Crippen LogP) is 18.3. The first-order valence-corrected chi connectivity index (χ1v) is 27.6. The van der Waals surface area contributed by atoms with Gasteiger partial charge >= 0.3 is 0 Å². The molecule has 0 aliphatic heterocycles. The molecule has 0 saturated heterocycles. The molecule has 0 spiro atoms. The number of hydrogen-bond donors (Lipinski definition) is 3. The van der Waals surface area contributed by atoms with Gasteiger partial charge in [0.25, 0.3) is 0 Å². The number of carbonyl (C=O) groups is 1. The molecule has 2 atom stereocenters. The van der Waals surface area contributed by atoms with Gasteiger partial charge in [-0.05, 0) is 83.5 Å². The first-order chi connectivity index (χ1) is 32.2. The molecule has 4 heteroatoms. The molecule has 0 saturated carbocycles. The van der Waals surface area contributed by atoms with Gasteiger partial charge < -0.3 is 15.5 Å². The first kappa shape index (κ1) is 62.1. The number of carbonyl (C=O) groups excluding carboxylic acids is 1. The van der Waals surface area contributed by atoms with Crippen molar-refractivity contribution in [2.75, 3.05) is 6.61 Å². The van der Waals surface area contributed by atoms with E-state index in [1.807, 2.05) is 6.08 Å². The van der Waals surface area contributed by atoms with E-state index in [2.05, 4.69) is 116 Å². The maximum absolute atomic E-state index is 12.5. The summed E-state index contributed by atoms with van der Waals surface area (Å²) in [7, 11) is 0. The highest BCUT2D eigenvalue weighted by Crippen LogP contribution is 2.15. The quantitative estimate of drug-likeness (QED) is 0.0421. The number of allylic oxidation sites excluding steroid dienone is 17. The summed E-state index contributed by atoms with van der Waals surface area (Å²) in [5.41, 5.74) is 0. The van der Waals surface area contributed by atoms with Gasteiger partial charge in [0.2, 0.25) is 5.91 Å². The lowest BCUT2D eigenvalue weighted by Gasteiger charge is -2.20. The molecule has 0 aromatic rings. The monoisotopic (exact) mass is 900 g/mol. The van der Waals surface area contributed by atoms with E-state index in [1.165, 1.54) is 154 Å². The number of nitrogens with one attached hydrogen (secondary N) is 1. The summed E-state index contributed by atoms with van der Waals surface area (Å²) in [6.45, 7) is 4.20. The molecule has 0 aliphatic rings. The van der Waals surface area contributed by atoms with Crippen LogP contribution in [0.2, 0.25) is 0 Å². The van der Waals surface area contributed by atoms with E-state index in [9.17, 15) is 15.0 Å². The van der Waals surface area contributed by atoms with Gasteiger partial charge in [0.05, 0.1) is 18.8 Å². The minimum absolute atomic E-state index is 0.0694. The molecule has 0 radical (unpaired) electrons. The lowest BCUT2D eigenvalue weighted by atomic mass is 10.0. The second kappa shape index (κ2) is 55.4. The molecule has 0 aromatic carbocycles. The number of aliphatic hydroxyl groups excluding tert-OH is 2. The Labute approximate surface area is 404 Å². The van der Waals surface area contributed by atoms with Gasteiger partial charge in [-0.1, -0.05) is 271 Å². The second-order valence-corrected chi connectivity index (χ2v) is 18.3. The normalized spacial score (nSPS) is 13.7. The van der Waals surface area contributed by atoms with Crippen LogP contribution >= 0.6 is 0 Å². The Kier molecular flexibility index (Phi) is 52.9. The summed E-state index contributed by atoms with van der Waals surface area (Å²) in [5, 5.41) is 23.1. The summed E-state index contributed by atoms with van der Waals surface area (Å²) < 4.78 is 0. The molecule has 2 unspecified atom stereocenters. The van der Waals surface area contributed by atoms with Crippen molar-refractivity contribution in [2.24, 2.45) is 0 Å². The van der Waals surface area contributed by atoms with Crippen molar-refractivity contribution >= 4 is 5.91 Å². The number of unbranched alkanes of at least 4 members (excludes halogenated alkanes) is 26. The fraction of sp³-hybridized carbons (Fsp3) is 0.689. The van der Waals surface area contributed by atoms with Crippen LogP contribution in [0, 0.1) is 0 Å². The Morgan fingerprint density at radius 3 is 1.02 bits per heavy atom.